The van der Waals surface area contributed by atoms with Crippen LogP contribution in [-0.2, 0) is 14.3 Å². The van der Waals surface area contributed by atoms with Gasteiger partial charge in [0.1, 0.15) is 0 Å². The number of aryl methyl sites for hydroxylation is 1. The number of amides is 1. The van der Waals surface area contributed by atoms with Crippen molar-refractivity contribution >= 4 is 23.5 Å². The molecule has 0 bridgehead atoms. The molecule has 6 nitrogen and oxygen atoms in total. The molecule has 1 aliphatic rings. The molecular formula is C19H25NO5. The van der Waals surface area contributed by atoms with E-state index in [4.69, 9.17) is 9.84 Å². The van der Waals surface area contributed by atoms with E-state index in [2.05, 4.69) is 0 Å². The lowest BCUT2D eigenvalue weighted by Gasteiger charge is -2.30. The lowest BCUT2D eigenvalue weighted by atomic mass is 10.1. The van der Waals surface area contributed by atoms with Crippen LogP contribution < -0.4 is 4.90 Å². The number of esters is 1. The summed E-state index contributed by atoms with van der Waals surface area (Å²) in [5.41, 5.74) is 1.67. The van der Waals surface area contributed by atoms with Gasteiger partial charge in [-0.2, -0.15) is 0 Å². The summed E-state index contributed by atoms with van der Waals surface area (Å²) in [7, 11) is 0. The Morgan fingerprint density at radius 3 is 2.44 bits per heavy atom. The molecule has 0 atom stereocenters. The van der Waals surface area contributed by atoms with E-state index in [1.54, 1.807) is 24.0 Å². The molecule has 1 aromatic rings. The summed E-state index contributed by atoms with van der Waals surface area (Å²) in [6.07, 6.45) is 4.13. The number of carboxylic acids is 1. The molecule has 1 amide bonds. The van der Waals surface area contributed by atoms with Crippen LogP contribution in [0, 0.1) is 6.92 Å². The van der Waals surface area contributed by atoms with Crippen molar-refractivity contribution < 1.29 is 24.2 Å². The van der Waals surface area contributed by atoms with E-state index in [0.717, 1.165) is 36.9 Å². The first-order chi connectivity index (χ1) is 11.9. The molecule has 1 fully saturated rings. The van der Waals surface area contributed by atoms with Gasteiger partial charge in [0.05, 0.1) is 18.6 Å². The van der Waals surface area contributed by atoms with Crippen molar-refractivity contribution in [2.75, 3.05) is 11.5 Å². The van der Waals surface area contributed by atoms with Gasteiger partial charge in [0.25, 0.3) is 0 Å². The molecule has 136 valence electrons. The summed E-state index contributed by atoms with van der Waals surface area (Å²) in [4.78, 5) is 37.3. The van der Waals surface area contributed by atoms with Crippen molar-refractivity contribution in [2.24, 2.45) is 0 Å². The van der Waals surface area contributed by atoms with Gasteiger partial charge in [0.2, 0.25) is 5.91 Å². The summed E-state index contributed by atoms with van der Waals surface area (Å²) >= 11 is 0. The van der Waals surface area contributed by atoms with Crippen LogP contribution in [0.2, 0.25) is 0 Å². The molecule has 1 aromatic carbocycles. The summed E-state index contributed by atoms with van der Waals surface area (Å²) in [6.45, 7) is 3.84. The maximum absolute atomic E-state index is 12.8. The van der Waals surface area contributed by atoms with E-state index in [-0.39, 0.29) is 36.3 Å². The van der Waals surface area contributed by atoms with Gasteiger partial charge in [-0.3, -0.25) is 9.59 Å². The van der Waals surface area contributed by atoms with Crippen LogP contribution in [0.15, 0.2) is 18.2 Å². The van der Waals surface area contributed by atoms with Gasteiger partial charge in [-0.25, -0.2) is 4.79 Å². The van der Waals surface area contributed by atoms with Crippen LogP contribution in [0.1, 0.15) is 61.4 Å². The van der Waals surface area contributed by atoms with Gasteiger partial charge < -0.3 is 14.7 Å². The van der Waals surface area contributed by atoms with Gasteiger partial charge in [-0.05, 0) is 50.5 Å². The molecule has 0 saturated heterocycles. The molecule has 6 heteroatoms. The lowest BCUT2D eigenvalue weighted by Crippen LogP contribution is -2.39. The number of anilines is 1. The average molecular weight is 347 g/mol. The number of hydrogen-bond acceptors (Lipinski definition) is 4. The van der Waals surface area contributed by atoms with Crippen LogP contribution in [0.3, 0.4) is 0 Å². The first kappa shape index (κ1) is 19.0. The van der Waals surface area contributed by atoms with Gasteiger partial charge in [0, 0.05) is 18.2 Å². The number of benzene rings is 1. The number of aromatic carboxylic acids is 1. The topological polar surface area (TPSA) is 83.9 Å². The molecule has 1 aliphatic carbocycles. The monoisotopic (exact) mass is 347 g/mol. The Morgan fingerprint density at radius 1 is 1.20 bits per heavy atom. The van der Waals surface area contributed by atoms with Gasteiger partial charge in [-0.1, -0.05) is 12.8 Å². The number of nitrogens with zero attached hydrogens (tertiary/aromatic N) is 1. The van der Waals surface area contributed by atoms with Gasteiger partial charge >= 0.3 is 11.9 Å². The second kappa shape index (κ2) is 8.65. The van der Waals surface area contributed by atoms with Gasteiger partial charge in [0.15, 0.2) is 0 Å². The van der Waals surface area contributed by atoms with E-state index >= 15 is 0 Å². The number of carbonyl (C=O) groups excluding carboxylic acids is 2. The largest absolute Gasteiger partial charge is 0.478 e. The van der Waals surface area contributed by atoms with E-state index in [9.17, 15) is 14.4 Å². The molecule has 0 radical (unpaired) electrons. The number of rotatable bonds is 7. The van der Waals surface area contributed by atoms with Crippen molar-refractivity contribution in [1.29, 1.82) is 0 Å². The predicted octanol–water partition coefficient (Wildman–Crippen LogP) is 3.31. The highest BCUT2D eigenvalue weighted by Crippen LogP contribution is 2.31. The SMILES string of the molecule is CCOC(=O)CCC(=O)N(c1ccc(C(=O)O)cc1C)C1CCCC1. The average Bonchev–Trinajstić information content (AvgIpc) is 3.09. The molecule has 0 spiro atoms. The number of carboxylic acid groups (broad SMARTS) is 1. The highest BCUT2D eigenvalue weighted by Gasteiger charge is 2.29. The third kappa shape index (κ3) is 4.81. The van der Waals surface area contributed by atoms with E-state index in [0.29, 0.717) is 6.61 Å². The van der Waals surface area contributed by atoms with Gasteiger partial charge in [-0.15, -0.1) is 0 Å². The minimum atomic E-state index is -0.990. The zero-order valence-corrected chi connectivity index (χ0v) is 14.8. The van der Waals surface area contributed by atoms with E-state index in [1.807, 2.05) is 6.92 Å². The quantitative estimate of drug-likeness (QED) is 0.765. The zero-order chi connectivity index (χ0) is 18.4. The fourth-order valence-corrected chi connectivity index (χ4v) is 3.32. The first-order valence-electron chi connectivity index (χ1n) is 8.75. The standard InChI is InChI=1S/C19H25NO5/c1-3-25-18(22)11-10-17(21)20(15-6-4-5-7-15)16-9-8-14(19(23)24)12-13(16)2/h8-9,12,15H,3-7,10-11H2,1-2H3,(H,23,24). The Balaban J connectivity index is 2.22. The van der Waals surface area contributed by atoms with Crippen molar-refractivity contribution in [3.63, 3.8) is 0 Å². The maximum atomic E-state index is 12.8. The fraction of sp³-hybridized carbons (Fsp3) is 0.526. The fourth-order valence-electron chi connectivity index (χ4n) is 3.32. The third-order valence-corrected chi connectivity index (χ3v) is 4.51. The molecule has 0 aromatic heterocycles. The second-order valence-electron chi connectivity index (χ2n) is 6.31. The Bertz CT molecular complexity index is 649. The highest BCUT2D eigenvalue weighted by molar-refractivity contribution is 5.97. The van der Waals surface area contributed by atoms with Crippen LogP contribution in [0.25, 0.3) is 0 Å². The number of carbonyl (C=O) groups is 3. The minimum absolute atomic E-state index is 0.0577. The number of hydrogen-bond donors (Lipinski definition) is 1. The highest BCUT2D eigenvalue weighted by atomic mass is 16.5. The first-order valence-corrected chi connectivity index (χ1v) is 8.75. The van der Waals surface area contributed by atoms with E-state index in [1.165, 1.54) is 6.07 Å². The van der Waals surface area contributed by atoms with E-state index < -0.39 is 5.97 Å². The molecule has 0 unspecified atom stereocenters. The summed E-state index contributed by atoms with van der Waals surface area (Å²) < 4.78 is 4.89. The molecule has 25 heavy (non-hydrogen) atoms. The maximum Gasteiger partial charge on any atom is 0.335 e. The summed E-state index contributed by atoms with van der Waals surface area (Å²) in [5, 5.41) is 9.12. The lowest BCUT2D eigenvalue weighted by molar-refractivity contribution is -0.144. The third-order valence-electron chi connectivity index (χ3n) is 4.51. The van der Waals surface area contributed by atoms with Crippen molar-refractivity contribution in [1.82, 2.24) is 0 Å². The number of ether oxygens (including phenoxy) is 1. The molecule has 0 heterocycles. The Kier molecular flexibility index (Phi) is 6.56. The summed E-state index contributed by atoms with van der Waals surface area (Å²) in [5.74, 6) is -1.48. The van der Waals surface area contributed by atoms with Crippen molar-refractivity contribution in [2.45, 2.75) is 58.4 Å². The normalized spacial score (nSPS) is 14.3. The Hall–Kier alpha value is -2.37. The Labute approximate surface area is 147 Å². The smallest absolute Gasteiger partial charge is 0.335 e. The predicted molar refractivity (Wildman–Crippen MR) is 93.7 cm³/mol. The van der Waals surface area contributed by atoms with Crippen LogP contribution in [0.5, 0.6) is 0 Å². The molecule has 1 saturated carbocycles. The molecule has 2 rings (SSSR count). The summed E-state index contributed by atoms with van der Waals surface area (Å²) in [6, 6.07) is 4.90. The molecular weight excluding hydrogens is 322 g/mol. The van der Waals surface area contributed by atoms with Crippen molar-refractivity contribution in [3.8, 4) is 0 Å². The second-order valence-corrected chi connectivity index (χ2v) is 6.31. The molecule has 0 aliphatic heterocycles. The molecule has 1 N–H and O–H groups in total. The minimum Gasteiger partial charge on any atom is -0.478 e. The zero-order valence-electron chi connectivity index (χ0n) is 14.8. The van der Waals surface area contributed by atoms with Crippen LogP contribution >= 0.6 is 0 Å². The van der Waals surface area contributed by atoms with Crippen LogP contribution in [-0.4, -0.2) is 35.6 Å². The van der Waals surface area contributed by atoms with Crippen LogP contribution in [0.4, 0.5) is 5.69 Å². The Morgan fingerprint density at radius 2 is 1.88 bits per heavy atom. The van der Waals surface area contributed by atoms with Crippen molar-refractivity contribution in [3.05, 3.63) is 29.3 Å².